The summed E-state index contributed by atoms with van der Waals surface area (Å²) in [5, 5.41) is 16.1. The topological polar surface area (TPSA) is 96.3 Å². The van der Waals surface area contributed by atoms with E-state index < -0.39 is 16.9 Å². The normalized spacial score (nSPS) is 33.5. The van der Waals surface area contributed by atoms with Crippen molar-refractivity contribution in [3.63, 3.8) is 0 Å². The maximum Gasteiger partial charge on any atom is 0.335 e. The van der Waals surface area contributed by atoms with Crippen molar-refractivity contribution in [3.05, 3.63) is 105 Å². The lowest BCUT2D eigenvalue weighted by Gasteiger charge is -2.55. The number of carbonyl (C=O) groups excluding carboxylic acids is 1. The number of nitrogens with one attached hydrogen (secondary N) is 1. The molecule has 2 N–H and O–H groups in total. The van der Waals surface area contributed by atoms with Crippen molar-refractivity contribution in [1.29, 1.82) is 0 Å². The molecule has 1 spiro atoms. The Morgan fingerprint density at radius 2 is 1.92 bits per heavy atom. The van der Waals surface area contributed by atoms with Crippen molar-refractivity contribution >= 4 is 22.6 Å². The van der Waals surface area contributed by atoms with E-state index in [0.29, 0.717) is 18.5 Å². The van der Waals surface area contributed by atoms with Crippen molar-refractivity contribution in [1.82, 2.24) is 14.4 Å². The number of aromatic nitrogens is 1. The Balaban J connectivity index is 1.26. The second-order valence-electron chi connectivity index (χ2n) is 15.7. The van der Waals surface area contributed by atoms with Gasteiger partial charge in [-0.25, -0.2) is 4.79 Å². The van der Waals surface area contributed by atoms with Gasteiger partial charge in [0, 0.05) is 82.7 Å². The van der Waals surface area contributed by atoms with Gasteiger partial charge < -0.3 is 24.5 Å². The number of methoxy groups -OCH3 is 2. The fourth-order valence-electron chi connectivity index (χ4n) is 11.9. The molecule has 0 radical (unpaired) electrons. The van der Waals surface area contributed by atoms with Crippen LogP contribution in [0, 0.1) is 10.8 Å². The lowest BCUT2D eigenvalue weighted by molar-refractivity contribution is -0.137. The van der Waals surface area contributed by atoms with Crippen LogP contribution in [-0.2, 0) is 21.5 Å². The van der Waals surface area contributed by atoms with Gasteiger partial charge in [-0.3, -0.25) is 14.6 Å². The number of anilines is 1. The van der Waals surface area contributed by atoms with Gasteiger partial charge in [-0.1, -0.05) is 43.4 Å². The molecule has 9 heteroatoms. The minimum absolute atomic E-state index is 0.0385. The fraction of sp³-hybridized carbons (Fsp3) is 0.463. The number of rotatable bonds is 5. The Morgan fingerprint density at radius 3 is 2.70 bits per heavy atom. The third-order valence-electron chi connectivity index (χ3n) is 13.9. The van der Waals surface area contributed by atoms with Gasteiger partial charge in [0.05, 0.1) is 48.9 Å². The smallest absolute Gasteiger partial charge is 0.335 e. The monoisotopic (exact) mass is 672 g/mol. The predicted molar refractivity (Wildman–Crippen MR) is 191 cm³/mol. The maximum absolute atomic E-state index is 14.2. The van der Waals surface area contributed by atoms with Crippen LogP contribution in [0.5, 0.6) is 5.75 Å². The number of esters is 1. The van der Waals surface area contributed by atoms with Gasteiger partial charge in [-0.15, -0.1) is 0 Å². The Morgan fingerprint density at radius 1 is 1.12 bits per heavy atom. The number of fused-ring (bicyclic) bond motifs is 3. The number of pyridine rings is 1. The van der Waals surface area contributed by atoms with E-state index in [9.17, 15) is 14.7 Å². The number of benzene rings is 2. The van der Waals surface area contributed by atoms with E-state index in [1.54, 1.807) is 7.11 Å². The summed E-state index contributed by atoms with van der Waals surface area (Å²) in [5.41, 5.74) is 6.53. The second kappa shape index (κ2) is 10.2. The van der Waals surface area contributed by atoms with Crippen LogP contribution in [0.3, 0.4) is 0 Å². The van der Waals surface area contributed by atoms with E-state index in [1.807, 2.05) is 25.1 Å². The molecule has 0 unspecified atom stereocenters. The first kappa shape index (κ1) is 30.6. The van der Waals surface area contributed by atoms with Crippen LogP contribution in [0.15, 0.2) is 76.8 Å². The molecular formula is C41H44N4O5. The van der Waals surface area contributed by atoms with Crippen LogP contribution in [-0.4, -0.2) is 71.4 Å². The second-order valence-corrected chi connectivity index (χ2v) is 15.7. The summed E-state index contributed by atoms with van der Waals surface area (Å²) in [6, 6.07) is 12.6. The lowest BCUT2D eigenvalue weighted by Crippen LogP contribution is -2.62. The molecule has 7 heterocycles. The highest BCUT2D eigenvalue weighted by Gasteiger charge is 2.67. The zero-order valence-corrected chi connectivity index (χ0v) is 29.2. The highest BCUT2D eigenvalue weighted by Crippen LogP contribution is 2.66. The van der Waals surface area contributed by atoms with E-state index in [0.717, 1.165) is 89.3 Å². The standard InChI is InChI=1S/C41H44N4O5/c1-5-39-12-8-16-44-22-27-33(36(39)44)45(30-11-7-6-10-24(30)34(27)47)31(21-39)25-18-28-29(19-32(25)49-3)42-35-26(37(48)50-4)20-40(23(2)46)13-9-15-43-17-14-41(28,35)38(40)43/h6-13,18-19,23,31,36,38,42,46H,5,14-17,20-22H2,1-4H3/t23-,31-,36-,38+,39+,40+,41+/m1/s1. The molecule has 1 aromatic heterocycles. The highest BCUT2D eigenvalue weighted by atomic mass is 16.5. The minimum atomic E-state index is -0.680. The van der Waals surface area contributed by atoms with E-state index in [-0.39, 0.29) is 34.9 Å². The fourth-order valence-corrected chi connectivity index (χ4v) is 11.9. The number of para-hydroxylation sites is 1. The Hall–Kier alpha value is -4.18. The molecule has 1 fully saturated rings. The van der Waals surface area contributed by atoms with Crippen LogP contribution in [0.2, 0.25) is 0 Å². The van der Waals surface area contributed by atoms with Gasteiger partial charge in [0.15, 0.2) is 5.43 Å². The van der Waals surface area contributed by atoms with Crippen molar-refractivity contribution < 1.29 is 19.4 Å². The summed E-state index contributed by atoms with van der Waals surface area (Å²) in [6.45, 7) is 7.32. The number of hydrogen-bond donors (Lipinski definition) is 2. The van der Waals surface area contributed by atoms with Gasteiger partial charge in [0.1, 0.15) is 5.75 Å². The number of hydrogen-bond acceptors (Lipinski definition) is 8. The van der Waals surface area contributed by atoms with Crippen molar-refractivity contribution in [2.75, 3.05) is 39.2 Å². The molecule has 50 heavy (non-hydrogen) atoms. The SMILES string of the molecule is CC[C@]12C=CCN3Cc4c(n(c5ccccc5c4=O)[C@@H](c4cc5c(cc4OC)NC4=C(C(=O)OC)C[C@]6([C@@H](C)O)C=CCN7CC[C@@]45[C@@H]76)C1)[C@@H]32. The summed E-state index contributed by atoms with van der Waals surface area (Å²) in [6.07, 6.45) is 11.4. The average Bonchev–Trinajstić information content (AvgIpc) is 3.83. The minimum Gasteiger partial charge on any atom is -0.496 e. The van der Waals surface area contributed by atoms with Gasteiger partial charge in [0.2, 0.25) is 0 Å². The van der Waals surface area contributed by atoms with Crippen LogP contribution in [0.4, 0.5) is 5.69 Å². The number of aliphatic hydroxyl groups is 1. The molecule has 3 aromatic rings. The highest BCUT2D eigenvalue weighted by molar-refractivity contribution is 5.93. The molecule has 258 valence electrons. The molecule has 10 rings (SSSR count). The van der Waals surface area contributed by atoms with Gasteiger partial charge >= 0.3 is 5.97 Å². The summed E-state index contributed by atoms with van der Waals surface area (Å²) in [5.74, 6) is 0.433. The number of nitrogens with zero attached hydrogens (tertiary/aromatic N) is 3. The quantitative estimate of drug-likeness (QED) is 0.278. The molecule has 7 atom stereocenters. The number of carbonyl (C=O) groups is 1. The summed E-state index contributed by atoms with van der Waals surface area (Å²) in [7, 11) is 3.18. The van der Waals surface area contributed by atoms with Crippen LogP contribution in [0.1, 0.15) is 74.0 Å². The summed E-state index contributed by atoms with van der Waals surface area (Å²) < 4.78 is 14.2. The largest absolute Gasteiger partial charge is 0.496 e. The predicted octanol–water partition coefficient (Wildman–Crippen LogP) is 5.33. The Kier molecular flexibility index (Phi) is 6.25. The summed E-state index contributed by atoms with van der Waals surface area (Å²) >= 11 is 0. The third-order valence-corrected chi connectivity index (χ3v) is 13.9. The lowest BCUT2D eigenvalue weighted by atomic mass is 9.54. The molecule has 0 saturated carbocycles. The molecular weight excluding hydrogens is 628 g/mol. The van der Waals surface area contributed by atoms with Crippen LogP contribution < -0.4 is 15.5 Å². The van der Waals surface area contributed by atoms with E-state index in [4.69, 9.17) is 9.47 Å². The summed E-state index contributed by atoms with van der Waals surface area (Å²) in [4.78, 5) is 32.8. The molecule has 1 aliphatic carbocycles. The Labute approximate surface area is 291 Å². The van der Waals surface area contributed by atoms with E-state index >= 15 is 0 Å². The van der Waals surface area contributed by atoms with Crippen LogP contribution in [0.25, 0.3) is 10.9 Å². The van der Waals surface area contributed by atoms with E-state index in [2.05, 4.69) is 69.1 Å². The molecule has 0 amide bonds. The third kappa shape index (κ3) is 3.49. The molecule has 1 saturated heterocycles. The molecule has 7 aliphatic rings. The maximum atomic E-state index is 14.2. The first-order valence-electron chi connectivity index (χ1n) is 18.2. The van der Waals surface area contributed by atoms with Crippen molar-refractivity contribution in [3.8, 4) is 5.75 Å². The van der Waals surface area contributed by atoms with Crippen molar-refractivity contribution in [2.24, 2.45) is 10.8 Å². The van der Waals surface area contributed by atoms with Gasteiger partial charge in [-0.05, 0) is 56.4 Å². The zero-order chi connectivity index (χ0) is 34.3. The zero-order valence-electron chi connectivity index (χ0n) is 29.2. The molecule has 9 nitrogen and oxygen atoms in total. The molecule has 2 aromatic carbocycles. The van der Waals surface area contributed by atoms with Crippen LogP contribution >= 0.6 is 0 Å². The van der Waals surface area contributed by atoms with Gasteiger partial charge in [-0.2, -0.15) is 0 Å². The average molecular weight is 673 g/mol. The molecule has 6 aliphatic heterocycles. The first-order valence-corrected chi connectivity index (χ1v) is 18.2. The first-order chi connectivity index (χ1) is 24.2. The Bertz CT molecular complexity index is 2180. The number of ether oxygens (including phenoxy) is 2. The van der Waals surface area contributed by atoms with Gasteiger partial charge in [0.25, 0.3) is 0 Å². The van der Waals surface area contributed by atoms with E-state index in [1.165, 1.54) is 7.11 Å². The molecule has 0 bridgehead atoms. The van der Waals surface area contributed by atoms with Crippen molar-refractivity contribution in [2.45, 2.75) is 75.7 Å². The number of aliphatic hydroxyl groups excluding tert-OH is 1.